The van der Waals surface area contributed by atoms with Gasteiger partial charge in [0.05, 0.1) is 9.99 Å². The number of benzene rings is 1. The van der Waals surface area contributed by atoms with E-state index in [1.165, 1.54) is 6.07 Å². The van der Waals surface area contributed by atoms with E-state index in [1.54, 1.807) is 15.6 Å². The summed E-state index contributed by atoms with van der Waals surface area (Å²) in [5.74, 6) is -0.0942. The van der Waals surface area contributed by atoms with E-state index < -0.39 is 5.60 Å². The van der Waals surface area contributed by atoms with Gasteiger partial charge in [-0.25, -0.2) is 13.9 Å². The highest BCUT2D eigenvalue weighted by Gasteiger charge is 2.28. The molecule has 1 unspecified atom stereocenters. The standard InChI is InChI=1S/C17H22BrFN4O2/c1-17(2,3)25-16(24)22-6-4-5-11(9-22)10-23-15-7-12(18)13(19)8-14(15)20-21-23/h7-8,11H,4-6,9-10H2,1-3H3. The van der Waals surface area contributed by atoms with Crippen LogP contribution in [0.4, 0.5) is 9.18 Å². The number of halogens is 2. The minimum atomic E-state index is -0.498. The number of aromatic nitrogens is 3. The lowest BCUT2D eigenvalue weighted by molar-refractivity contribution is 0.0155. The van der Waals surface area contributed by atoms with E-state index in [0.29, 0.717) is 29.6 Å². The average molecular weight is 413 g/mol. The SMILES string of the molecule is CC(C)(C)OC(=O)N1CCCC(Cn2nnc3cc(F)c(Br)cc32)C1. The number of fused-ring (bicyclic) bond motifs is 1. The number of nitrogens with zero attached hydrogens (tertiary/aromatic N) is 4. The van der Waals surface area contributed by atoms with Gasteiger partial charge in [0.2, 0.25) is 0 Å². The third-order valence-corrected chi connectivity index (χ3v) is 4.77. The maximum atomic E-state index is 13.6. The predicted molar refractivity (Wildman–Crippen MR) is 95.7 cm³/mol. The lowest BCUT2D eigenvalue weighted by Crippen LogP contribution is -2.43. The molecule has 6 nitrogen and oxygen atoms in total. The molecule has 1 aliphatic rings. The third kappa shape index (κ3) is 4.29. The van der Waals surface area contributed by atoms with Crippen LogP contribution in [-0.4, -0.2) is 44.7 Å². The average Bonchev–Trinajstić information content (AvgIpc) is 2.88. The lowest BCUT2D eigenvalue weighted by atomic mass is 9.98. The third-order valence-electron chi connectivity index (χ3n) is 4.16. The number of rotatable bonds is 2. The first kappa shape index (κ1) is 18.1. The van der Waals surface area contributed by atoms with E-state index in [-0.39, 0.29) is 17.8 Å². The van der Waals surface area contributed by atoms with Gasteiger partial charge in [0.25, 0.3) is 0 Å². The van der Waals surface area contributed by atoms with Gasteiger partial charge >= 0.3 is 6.09 Å². The van der Waals surface area contributed by atoms with Crippen molar-refractivity contribution in [2.75, 3.05) is 13.1 Å². The smallest absolute Gasteiger partial charge is 0.410 e. The van der Waals surface area contributed by atoms with Gasteiger partial charge in [-0.15, -0.1) is 5.10 Å². The maximum absolute atomic E-state index is 13.6. The predicted octanol–water partition coefficient (Wildman–Crippen LogP) is 3.98. The molecule has 1 aliphatic heterocycles. The molecule has 136 valence electrons. The van der Waals surface area contributed by atoms with Gasteiger partial charge in [0.1, 0.15) is 16.9 Å². The van der Waals surface area contributed by atoms with Crippen molar-refractivity contribution in [1.29, 1.82) is 0 Å². The summed E-state index contributed by atoms with van der Waals surface area (Å²) in [5, 5.41) is 8.18. The number of amides is 1. The second-order valence-electron chi connectivity index (χ2n) is 7.46. The maximum Gasteiger partial charge on any atom is 0.410 e. The molecular formula is C17H22BrFN4O2. The number of carbonyl (C=O) groups is 1. The zero-order chi connectivity index (χ0) is 18.2. The first-order chi connectivity index (χ1) is 11.7. The fourth-order valence-electron chi connectivity index (χ4n) is 3.05. The van der Waals surface area contributed by atoms with Crippen LogP contribution in [0, 0.1) is 11.7 Å². The quantitative estimate of drug-likeness (QED) is 0.748. The van der Waals surface area contributed by atoms with Gasteiger partial charge in [-0.05, 0) is 61.5 Å². The number of ether oxygens (including phenoxy) is 1. The van der Waals surface area contributed by atoms with Crippen molar-refractivity contribution >= 4 is 33.1 Å². The van der Waals surface area contributed by atoms with Crippen molar-refractivity contribution in [3.8, 4) is 0 Å². The fraction of sp³-hybridized carbons (Fsp3) is 0.588. The van der Waals surface area contributed by atoms with E-state index in [1.807, 2.05) is 20.8 Å². The molecule has 2 heterocycles. The van der Waals surface area contributed by atoms with Crippen LogP contribution in [0.1, 0.15) is 33.6 Å². The van der Waals surface area contributed by atoms with Crippen molar-refractivity contribution in [1.82, 2.24) is 19.9 Å². The summed E-state index contributed by atoms with van der Waals surface area (Å²) < 4.78 is 21.2. The number of carbonyl (C=O) groups excluding carboxylic acids is 1. The normalized spacial score (nSPS) is 18.6. The number of piperidine rings is 1. The Bertz CT molecular complexity index is 787. The lowest BCUT2D eigenvalue weighted by Gasteiger charge is -2.34. The highest BCUT2D eigenvalue weighted by Crippen LogP contribution is 2.25. The Kier molecular flexibility index (Phi) is 4.99. The Morgan fingerprint density at radius 3 is 2.92 bits per heavy atom. The van der Waals surface area contributed by atoms with Gasteiger partial charge in [0, 0.05) is 25.7 Å². The zero-order valence-electron chi connectivity index (χ0n) is 14.6. The minimum Gasteiger partial charge on any atom is -0.444 e. The van der Waals surface area contributed by atoms with Crippen LogP contribution in [0.25, 0.3) is 11.0 Å². The van der Waals surface area contributed by atoms with Gasteiger partial charge in [0.15, 0.2) is 0 Å². The summed E-state index contributed by atoms with van der Waals surface area (Å²) in [6.45, 7) is 7.56. The summed E-state index contributed by atoms with van der Waals surface area (Å²) in [6, 6.07) is 3.07. The van der Waals surface area contributed by atoms with Gasteiger partial charge in [-0.1, -0.05) is 5.21 Å². The molecule has 0 spiro atoms. The number of likely N-dealkylation sites (tertiary alicyclic amines) is 1. The van der Waals surface area contributed by atoms with Crippen LogP contribution >= 0.6 is 15.9 Å². The molecule has 0 radical (unpaired) electrons. The van der Waals surface area contributed by atoms with Crippen molar-refractivity contribution < 1.29 is 13.9 Å². The van der Waals surface area contributed by atoms with Crippen LogP contribution in [-0.2, 0) is 11.3 Å². The molecule has 1 atom stereocenters. The monoisotopic (exact) mass is 412 g/mol. The fourth-order valence-corrected chi connectivity index (χ4v) is 3.38. The van der Waals surface area contributed by atoms with Gasteiger partial charge < -0.3 is 9.64 Å². The molecule has 3 rings (SSSR count). The summed E-state index contributed by atoms with van der Waals surface area (Å²) in [6.07, 6.45) is 1.66. The molecule has 1 amide bonds. The molecule has 1 aromatic carbocycles. The van der Waals surface area contributed by atoms with Crippen LogP contribution in [0.5, 0.6) is 0 Å². The number of hydrogen-bond donors (Lipinski definition) is 0. The Morgan fingerprint density at radius 1 is 1.44 bits per heavy atom. The molecule has 25 heavy (non-hydrogen) atoms. The molecule has 1 fully saturated rings. The second-order valence-corrected chi connectivity index (χ2v) is 8.32. The van der Waals surface area contributed by atoms with Gasteiger partial charge in [-0.3, -0.25) is 0 Å². The Morgan fingerprint density at radius 2 is 2.20 bits per heavy atom. The van der Waals surface area contributed by atoms with Crippen LogP contribution < -0.4 is 0 Å². The van der Waals surface area contributed by atoms with E-state index in [0.717, 1.165) is 18.4 Å². The summed E-state index contributed by atoms with van der Waals surface area (Å²) in [5.41, 5.74) is 0.811. The minimum absolute atomic E-state index is 0.259. The molecule has 2 aromatic rings. The van der Waals surface area contributed by atoms with E-state index >= 15 is 0 Å². The van der Waals surface area contributed by atoms with Crippen LogP contribution in [0.2, 0.25) is 0 Å². The summed E-state index contributed by atoms with van der Waals surface area (Å²) >= 11 is 3.20. The topological polar surface area (TPSA) is 60.2 Å². The molecular weight excluding hydrogens is 391 g/mol. The molecule has 1 saturated heterocycles. The Labute approximate surface area is 154 Å². The van der Waals surface area contributed by atoms with E-state index in [9.17, 15) is 9.18 Å². The largest absolute Gasteiger partial charge is 0.444 e. The molecule has 0 saturated carbocycles. The van der Waals surface area contributed by atoms with Crippen molar-refractivity contribution in [3.63, 3.8) is 0 Å². The molecule has 0 bridgehead atoms. The molecule has 0 N–H and O–H groups in total. The Balaban J connectivity index is 1.71. The summed E-state index contributed by atoms with van der Waals surface area (Å²) in [4.78, 5) is 14.0. The highest BCUT2D eigenvalue weighted by molar-refractivity contribution is 9.10. The van der Waals surface area contributed by atoms with E-state index in [2.05, 4.69) is 26.2 Å². The molecule has 0 aliphatic carbocycles. The number of hydrogen-bond acceptors (Lipinski definition) is 4. The van der Waals surface area contributed by atoms with Crippen molar-refractivity contribution in [2.24, 2.45) is 5.92 Å². The molecule has 8 heteroatoms. The first-order valence-electron chi connectivity index (χ1n) is 8.39. The van der Waals surface area contributed by atoms with Crippen LogP contribution in [0.3, 0.4) is 0 Å². The second kappa shape index (κ2) is 6.90. The first-order valence-corrected chi connectivity index (χ1v) is 9.18. The zero-order valence-corrected chi connectivity index (χ0v) is 16.2. The molecule has 1 aromatic heterocycles. The van der Waals surface area contributed by atoms with Crippen molar-refractivity contribution in [3.05, 3.63) is 22.4 Å². The Hall–Kier alpha value is -1.70. The van der Waals surface area contributed by atoms with Crippen LogP contribution in [0.15, 0.2) is 16.6 Å². The highest BCUT2D eigenvalue weighted by atomic mass is 79.9. The van der Waals surface area contributed by atoms with Gasteiger partial charge in [-0.2, -0.15) is 0 Å². The van der Waals surface area contributed by atoms with Crippen molar-refractivity contribution in [2.45, 2.75) is 45.8 Å². The summed E-state index contributed by atoms with van der Waals surface area (Å²) in [7, 11) is 0. The van der Waals surface area contributed by atoms with E-state index in [4.69, 9.17) is 4.74 Å².